The number of sulfonamides is 1. The van der Waals surface area contributed by atoms with E-state index in [0.29, 0.717) is 13.0 Å². The van der Waals surface area contributed by atoms with Gasteiger partial charge in [0.2, 0.25) is 10.0 Å². The summed E-state index contributed by atoms with van der Waals surface area (Å²) >= 11 is 0. The van der Waals surface area contributed by atoms with Gasteiger partial charge >= 0.3 is 0 Å². The standard InChI is InChI=1S/C13H20N2O2S.ClH/c1-12-11-14-8-9-15(12)18(16,17)10-7-13-5-3-2-4-6-13;/h2-6,12,14H,7-11H2,1H3;1H/t12-;/m0./s1. The maximum Gasteiger partial charge on any atom is 0.214 e. The molecule has 108 valence electrons. The lowest BCUT2D eigenvalue weighted by Crippen LogP contribution is -2.52. The molecule has 1 atom stereocenters. The lowest BCUT2D eigenvalue weighted by atomic mass is 10.2. The van der Waals surface area contributed by atoms with Crippen LogP contribution < -0.4 is 5.32 Å². The monoisotopic (exact) mass is 304 g/mol. The highest BCUT2D eigenvalue weighted by Crippen LogP contribution is 2.12. The Kier molecular flexibility index (Phi) is 6.26. The van der Waals surface area contributed by atoms with Crippen LogP contribution in [0, 0.1) is 0 Å². The van der Waals surface area contributed by atoms with Crippen molar-refractivity contribution >= 4 is 22.4 Å². The smallest absolute Gasteiger partial charge is 0.214 e. The Bertz CT molecular complexity index is 479. The van der Waals surface area contributed by atoms with Crippen molar-refractivity contribution in [2.24, 2.45) is 0 Å². The molecular formula is C13H21ClN2O2S. The molecule has 1 aromatic rings. The summed E-state index contributed by atoms with van der Waals surface area (Å²) in [5, 5.41) is 3.20. The summed E-state index contributed by atoms with van der Waals surface area (Å²) in [7, 11) is -3.14. The highest BCUT2D eigenvalue weighted by atomic mass is 35.5. The first-order valence-electron chi connectivity index (χ1n) is 6.34. The minimum absolute atomic E-state index is 0. The van der Waals surface area contributed by atoms with Crippen LogP contribution in [0.25, 0.3) is 0 Å². The number of nitrogens with zero attached hydrogens (tertiary/aromatic N) is 1. The van der Waals surface area contributed by atoms with Crippen LogP contribution in [0.5, 0.6) is 0 Å². The van der Waals surface area contributed by atoms with Crippen LogP contribution in [0.2, 0.25) is 0 Å². The minimum atomic E-state index is -3.14. The molecule has 1 heterocycles. The fourth-order valence-electron chi connectivity index (χ4n) is 2.24. The van der Waals surface area contributed by atoms with Gasteiger partial charge in [0.25, 0.3) is 0 Å². The zero-order chi connectivity index (χ0) is 13.0. The van der Waals surface area contributed by atoms with Crippen LogP contribution in [0.15, 0.2) is 30.3 Å². The second-order valence-corrected chi connectivity index (χ2v) is 6.76. The summed E-state index contributed by atoms with van der Waals surface area (Å²) in [6, 6.07) is 9.81. The molecule has 6 heteroatoms. The van der Waals surface area contributed by atoms with E-state index >= 15 is 0 Å². The zero-order valence-corrected chi connectivity index (χ0v) is 12.7. The van der Waals surface area contributed by atoms with Crippen LogP contribution in [0.4, 0.5) is 0 Å². The van der Waals surface area contributed by atoms with Crippen molar-refractivity contribution in [3.63, 3.8) is 0 Å². The average Bonchev–Trinajstić information content (AvgIpc) is 2.38. The van der Waals surface area contributed by atoms with Gasteiger partial charge in [0, 0.05) is 25.7 Å². The van der Waals surface area contributed by atoms with Crippen molar-refractivity contribution in [1.29, 1.82) is 0 Å². The van der Waals surface area contributed by atoms with Gasteiger partial charge in [-0.25, -0.2) is 8.42 Å². The number of halogens is 1. The van der Waals surface area contributed by atoms with Gasteiger partial charge in [0.15, 0.2) is 0 Å². The van der Waals surface area contributed by atoms with Crippen LogP contribution in [0.3, 0.4) is 0 Å². The molecule has 1 saturated heterocycles. The number of hydrogen-bond donors (Lipinski definition) is 1. The maximum atomic E-state index is 12.3. The lowest BCUT2D eigenvalue weighted by Gasteiger charge is -2.32. The Balaban J connectivity index is 0.00000180. The molecule has 0 saturated carbocycles. The highest BCUT2D eigenvalue weighted by molar-refractivity contribution is 7.89. The first kappa shape index (κ1) is 16.4. The zero-order valence-electron chi connectivity index (χ0n) is 11.1. The number of benzene rings is 1. The van der Waals surface area contributed by atoms with Crippen LogP contribution >= 0.6 is 12.4 Å². The van der Waals surface area contributed by atoms with E-state index in [4.69, 9.17) is 0 Å². The molecule has 0 unspecified atom stereocenters. The van der Waals surface area contributed by atoms with E-state index in [1.165, 1.54) is 0 Å². The molecule has 19 heavy (non-hydrogen) atoms. The summed E-state index contributed by atoms with van der Waals surface area (Å²) in [4.78, 5) is 0. The highest BCUT2D eigenvalue weighted by Gasteiger charge is 2.28. The number of piperazine rings is 1. The largest absolute Gasteiger partial charge is 0.314 e. The van der Waals surface area contributed by atoms with Gasteiger partial charge in [0.05, 0.1) is 5.75 Å². The molecule has 0 spiro atoms. The molecule has 0 aromatic heterocycles. The van der Waals surface area contributed by atoms with Crippen LogP contribution in [0.1, 0.15) is 12.5 Å². The minimum Gasteiger partial charge on any atom is -0.314 e. The predicted octanol–water partition coefficient (Wildman–Crippen LogP) is 1.27. The first-order valence-corrected chi connectivity index (χ1v) is 7.95. The van der Waals surface area contributed by atoms with E-state index in [9.17, 15) is 8.42 Å². The van der Waals surface area contributed by atoms with Crippen LogP contribution in [-0.2, 0) is 16.4 Å². The Morgan fingerprint density at radius 2 is 2.00 bits per heavy atom. The molecule has 0 radical (unpaired) electrons. The number of nitrogens with one attached hydrogen (secondary N) is 1. The van der Waals surface area contributed by atoms with Gasteiger partial charge in [-0.05, 0) is 18.9 Å². The molecule has 4 nitrogen and oxygen atoms in total. The van der Waals surface area contributed by atoms with Crippen molar-refractivity contribution in [1.82, 2.24) is 9.62 Å². The third-order valence-electron chi connectivity index (χ3n) is 3.29. The Morgan fingerprint density at radius 3 is 2.63 bits per heavy atom. The van der Waals surface area contributed by atoms with E-state index in [0.717, 1.165) is 18.7 Å². The molecule has 1 N–H and O–H groups in total. The SMILES string of the molecule is C[C@H]1CNCCN1S(=O)(=O)CCc1ccccc1.Cl. The maximum absolute atomic E-state index is 12.3. The molecule has 1 aliphatic heterocycles. The Labute approximate surface area is 121 Å². The van der Waals surface area contributed by atoms with Crippen molar-refractivity contribution in [3.05, 3.63) is 35.9 Å². The lowest BCUT2D eigenvalue weighted by molar-refractivity contribution is 0.284. The van der Waals surface area contributed by atoms with Crippen molar-refractivity contribution in [2.75, 3.05) is 25.4 Å². The third-order valence-corrected chi connectivity index (χ3v) is 5.27. The fraction of sp³-hybridized carbons (Fsp3) is 0.538. The van der Waals surface area contributed by atoms with E-state index in [1.807, 2.05) is 37.3 Å². The molecule has 1 aliphatic rings. The van der Waals surface area contributed by atoms with Gasteiger partial charge in [-0.15, -0.1) is 12.4 Å². The summed E-state index contributed by atoms with van der Waals surface area (Å²) in [5.74, 6) is 0.196. The van der Waals surface area contributed by atoms with Gasteiger partial charge in [-0.3, -0.25) is 0 Å². The Hall–Kier alpha value is -0.620. The summed E-state index contributed by atoms with van der Waals surface area (Å²) in [6.07, 6.45) is 0.583. The summed E-state index contributed by atoms with van der Waals surface area (Å²) in [5.41, 5.74) is 1.07. The normalized spacial score (nSPS) is 20.8. The van der Waals surface area contributed by atoms with Crippen LogP contribution in [-0.4, -0.2) is 44.2 Å². The first-order chi connectivity index (χ1) is 8.59. The van der Waals surface area contributed by atoms with E-state index < -0.39 is 10.0 Å². The molecular weight excluding hydrogens is 284 g/mol. The van der Waals surface area contributed by atoms with Gasteiger partial charge in [-0.2, -0.15) is 4.31 Å². The quantitative estimate of drug-likeness (QED) is 0.911. The predicted molar refractivity (Wildman–Crippen MR) is 80.2 cm³/mol. The molecule has 0 amide bonds. The fourth-order valence-corrected chi connectivity index (χ4v) is 3.96. The van der Waals surface area contributed by atoms with E-state index in [1.54, 1.807) is 4.31 Å². The number of hydrogen-bond acceptors (Lipinski definition) is 3. The third kappa shape index (κ3) is 4.45. The van der Waals surface area contributed by atoms with Crippen molar-refractivity contribution < 1.29 is 8.42 Å². The van der Waals surface area contributed by atoms with Gasteiger partial charge in [-0.1, -0.05) is 30.3 Å². The molecule has 0 aliphatic carbocycles. The molecule has 0 bridgehead atoms. The summed E-state index contributed by atoms with van der Waals surface area (Å²) in [6.45, 7) is 4.02. The summed E-state index contributed by atoms with van der Waals surface area (Å²) < 4.78 is 26.2. The molecule has 1 fully saturated rings. The molecule has 1 aromatic carbocycles. The number of aryl methyl sites for hydroxylation is 1. The van der Waals surface area contributed by atoms with E-state index in [2.05, 4.69) is 5.32 Å². The van der Waals surface area contributed by atoms with Gasteiger partial charge < -0.3 is 5.32 Å². The Morgan fingerprint density at radius 1 is 1.32 bits per heavy atom. The van der Waals surface area contributed by atoms with Crippen molar-refractivity contribution in [2.45, 2.75) is 19.4 Å². The second kappa shape index (κ2) is 7.24. The van der Waals surface area contributed by atoms with E-state index in [-0.39, 0.29) is 24.2 Å². The number of rotatable bonds is 4. The van der Waals surface area contributed by atoms with Crippen molar-refractivity contribution in [3.8, 4) is 0 Å². The van der Waals surface area contributed by atoms with Gasteiger partial charge in [0.1, 0.15) is 0 Å². The average molecular weight is 305 g/mol. The molecule has 2 rings (SSSR count). The topological polar surface area (TPSA) is 49.4 Å². The second-order valence-electron chi connectivity index (χ2n) is 4.72.